The zero-order valence-corrected chi connectivity index (χ0v) is 11.7. The van der Waals surface area contributed by atoms with Crippen LogP contribution in [-0.2, 0) is 0 Å². The van der Waals surface area contributed by atoms with Gasteiger partial charge in [0, 0.05) is 12.6 Å². The first-order valence-electron chi connectivity index (χ1n) is 7.30. The van der Waals surface area contributed by atoms with E-state index in [0.29, 0.717) is 13.0 Å². The molecular weight excluding hydrogens is 228 g/mol. The summed E-state index contributed by atoms with van der Waals surface area (Å²) in [7, 11) is 0. The van der Waals surface area contributed by atoms with Gasteiger partial charge in [0.05, 0.1) is 6.10 Å². The van der Waals surface area contributed by atoms with Crippen molar-refractivity contribution in [3.8, 4) is 0 Å². The number of urea groups is 1. The molecule has 1 fully saturated rings. The molecule has 2 atom stereocenters. The van der Waals surface area contributed by atoms with E-state index in [9.17, 15) is 4.79 Å². The van der Waals surface area contributed by atoms with Gasteiger partial charge in [0.2, 0.25) is 0 Å². The number of aliphatic hydroxyl groups excluding tert-OH is 1. The van der Waals surface area contributed by atoms with Crippen molar-refractivity contribution >= 4 is 6.03 Å². The molecule has 0 aromatic rings. The van der Waals surface area contributed by atoms with Gasteiger partial charge in [-0.15, -0.1) is 0 Å². The molecule has 4 nitrogen and oxygen atoms in total. The number of hydrogen-bond donors (Lipinski definition) is 3. The SMILES string of the molecule is CC(O)CCNC(=O)NC(C)CCC1CCCC1. The van der Waals surface area contributed by atoms with Crippen LogP contribution >= 0.6 is 0 Å². The van der Waals surface area contributed by atoms with E-state index in [-0.39, 0.29) is 18.2 Å². The van der Waals surface area contributed by atoms with Crippen LogP contribution in [0.2, 0.25) is 0 Å². The second-order valence-corrected chi connectivity index (χ2v) is 5.67. The normalized spacial score (nSPS) is 19.5. The third-order valence-corrected chi connectivity index (χ3v) is 3.71. The molecule has 0 spiro atoms. The maximum atomic E-state index is 11.5. The van der Waals surface area contributed by atoms with Gasteiger partial charge in [0.25, 0.3) is 0 Å². The summed E-state index contributed by atoms with van der Waals surface area (Å²) in [6.07, 6.45) is 8.04. The molecule has 106 valence electrons. The van der Waals surface area contributed by atoms with Gasteiger partial charge in [-0.1, -0.05) is 25.7 Å². The van der Waals surface area contributed by atoms with E-state index >= 15 is 0 Å². The Labute approximate surface area is 111 Å². The first-order valence-corrected chi connectivity index (χ1v) is 7.30. The Morgan fingerprint density at radius 3 is 2.56 bits per heavy atom. The van der Waals surface area contributed by atoms with Crippen molar-refractivity contribution in [1.82, 2.24) is 10.6 Å². The highest BCUT2D eigenvalue weighted by molar-refractivity contribution is 5.74. The molecule has 0 saturated heterocycles. The molecule has 0 bridgehead atoms. The van der Waals surface area contributed by atoms with E-state index in [1.165, 1.54) is 32.1 Å². The van der Waals surface area contributed by atoms with Crippen LogP contribution in [0, 0.1) is 5.92 Å². The van der Waals surface area contributed by atoms with E-state index in [0.717, 1.165) is 12.3 Å². The highest BCUT2D eigenvalue weighted by Gasteiger charge is 2.16. The van der Waals surface area contributed by atoms with Crippen molar-refractivity contribution in [2.24, 2.45) is 5.92 Å². The van der Waals surface area contributed by atoms with Crippen LogP contribution in [0.3, 0.4) is 0 Å². The topological polar surface area (TPSA) is 61.4 Å². The maximum absolute atomic E-state index is 11.5. The Morgan fingerprint density at radius 1 is 1.28 bits per heavy atom. The fourth-order valence-electron chi connectivity index (χ4n) is 2.53. The molecule has 1 saturated carbocycles. The van der Waals surface area contributed by atoms with Crippen LogP contribution in [0.5, 0.6) is 0 Å². The van der Waals surface area contributed by atoms with Gasteiger partial charge in [-0.05, 0) is 39.0 Å². The Bertz CT molecular complexity index is 238. The van der Waals surface area contributed by atoms with E-state index in [2.05, 4.69) is 17.6 Å². The molecule has 18 heavy (non-hydrogen) atoms. The Kier molecular flexibility index (Phi) is 7.09. The fourth-order valence-corrected chi connectivity index (χ4v) is 2.53. The molecular formula is C14H28N2O2. The molecule has 1 aliphatic rings. The first kappa shape index (κ1) is 15.3. The van der Waals surface area contributed by atoms with Crippen molar-refractivity contribution in [1.29, 1.82) is 0 Å². The van der Waals surface area contributed by atoms with Crippen LogP contribution in [0.25, 0.3) is 0 Å². The molecule has 2 unspecified atom stereocenters. The second kappa shape index (κ2) is 8.35. The largest absolute Gasteiger partial charge is 0.393 e. The zero-order valence-electron chi connectivity index (χ0n) is 11.7. The third kappa shape index (κ3) is 6.84. The van der Waals surface area contributed by atoms with Gasteiger partial charge >= 0.3 is 6.03 Å². The third-order valence-electron chi connectivity index (χ3n) is 3.71. The molecule has 1 rings (SSSR count). The molecule has 2 amide bonds. The average molecular weight is 256 g/mol. The summed E-state index contributed by atoms with van der Waals surface area (Å²) in [6, 6.07) is 0.117. The van der Waals surface area contributed by atoms with Gasteiger partial charge in [0.1, 0.15) is 0 Å². The summed E-state index contributed by atoms with van der Waals surface area (Å²) in [5.74, 6) is 0.882. The summed E-state index contributed by atoms with van der Waals surface area (Å²) in [5, 5.41) is 14.8. The lowest BCUT2D eigenvalue weighted by Crippen LogP contribution is -2.41. The number of carbonyl (C=O) groups excluding carboxylic acids is 1. The highest BCUT2D eigenvalue weighted by atomic mass is 16.3. The number of amides is 2. The number of carbonyl (C=O) groups is 1. The monoisotopic (exact) mass is 256 g/mol. The second-order valence-electron chi connectivity index (χ2n) is 5.67. The van der Waals surface area contributed by atoms with Gasteiger partial charge in [-0.2, -0.15) is 0 Å². The van der Waals surface area contributed by atoms with Crippen LogP contribution in [0.1, 0.15) is 58.8 Å². The molecule has 4 heteroatoms. The van der Waals surface area contributed by atoms with Crippen LogP contribution in [0.4, 0.5) is 4.79 Å². The van der Waals surface area contributed by atoms with E-state index in [1.54, 1.807) is 6.92 Å². The first-order chi connectivity index (χ1) is 8.58. The predicted molar refractivity (Wildman–Crippen MR) is 73.5 cm³/mol. The van der Waals surface area contributed by atoms with Crippen LogP contribution in [-0.4, -0.2) is 29.8 Å². The van der Waals surface area contributed by atoms with E-state index in [1.807, 2.05) is 0 Å². The zero-order chi connectivity index (χ0) is 13.4. The lowest BCUT2D eigenvalue weighted by Gasteiger charge is -2.17. The minimum atomic E-state index is -0.356. The molecule has 1 aliphatic carbocycles. The van der Waals surface area contributed by atoms with Gasteiger partial charge < -0.3 is 15.7 Å². The molecule has 3 N–H and O–H groups in total. The fraction of sp³-hybridized carbons (Fsp3) is 0.929. The summed E-state index contributed by atoms with van der Waals surface area (Å²) >= 11 is 0. The standard InChI is InChI=1S/C14H28N2O2/c1-11(7-8-13-5-3-4-6-13)16-14(18)15-10-9-12(2)17/h11-13,17H,3-10H2,1-2H3,(H2,15,16,18). The molecule has 0 aromatic heterocycles. The van der Waals surface area contributed by atoms with Gasteiger partial charge in [-0.3, -0.25) is 0 Å². The summed E-state index contributed by atoms with van der Waals surface area (Å²) in [4.78, 5) is 11.5. The lowest BCUT2D eigenvalue weighted by molar-refractivity contribution is 0.183. The minimum absolute atomic E-state index is 0.116. The van der Waals surface area contributed by atoms with Crippen LogP contribution in [0.15, 0.2) is 0 Å². The summed E-state index contributed by atoms with van der Waals surface area (Å²) in [5.41, 5.74) is 0. The van der Waals surface area contributed by atoms with Gasteiger partial charge in [-0.25, -0.2) is 4.79 Å². The average Bonchev–Trinajstić information content (AvgIpc) is 2.78. The van der Waals surface area contributed by atoms with Crippen molar-refractivity contribution in [3.63, 3.8) is 0 Å². The predicted octanol–water partition coefficient (Wildman–Crippen LogP) is 2.42. The van der Waals surface area contributed by atoms with Crippen molar-refractivity contribution in [3.05, 3.63) is 0 Å². The lowest BCUT2D eigenvalue weighted by atomic mass is 9.99. The van der Waals surface area contributed by atoms with Gasteiger partial charge in [0.15, 0.2) is 0 Å². The Morgan fingerprint density at radius 2 is 1.94 bits per heavy atom. The molecule has 0 heterocycles. The maximum Gasteiger partial charge on any atom is 0.314 e. The number of hydrogen-bond acceptors (Lipinski definition) is 2. The highest BCUT2D eigenvalue weighted by Crippen LogP contribution is 2.28. The summed E-state index contributed by atoms with van der Waals surface area (Å²) in [6.45, 7) is 4.31. The quantitative estimate of drug-likeness (QED) is 0.655. The number of rotatable bonds is 7. The summed E-state index contributed by atoms with van der Waals surface area (Å²) < 4.78 is 0. The van der Waals surface area contributed by atoms with Crippen molar-refractivity contribution in [2.45, 2.75) is 70.9 Å². The minimum Gasteiger partial charge on any atom is -0.393 e. The molecule has 0 aliphatic heterocycles. The van der Waals surface area contributed by atoms with E-state index in [4.69, 9.17) is 5.11 Å². The molecule has 0 aromatic carbocycles. The number of aliphatic hydroxyl groups is 1. The van der Waals surface area contributed by atoms with Crippen LogP contribution < -0.4 is 10.6 Å². The van der Waals surface area contributed by atoms with E-state index < -0.39 is 0 Å². The number of nitrogens with one attached hydrogen (secondary N) is 2. The Balaban J connectivity index is 2.03. The molecule has 0 radical (unpaired) electrons. The van der Waals surface area contributed by atoms with Crippen molar-refractivity contribution in [2.75, 3.05) is 6.54 Å². The smallest absolute Gasteiger partial charge is 0.314 e. The van der Waals surface area contributed by atoms with Crippen molar-refractivity contribution < 1.29 is 9.90 Å². The Hall–Kier alpha value is -0.770.